The fourth-order valence-corrected chi connectivity index (χ4v) is 1.03. The van der Waals surface area contributed by atoms with E-state index in [0.717, 1.165) is 22.3 Å². The number of carbonyl (C=O) groups excluding carboxylic acids is 1. The monoisotopic (exact) mass is 257 g/mol. The third-order valence-electron chi connectivity index (χ3n) is 1.07. The maximum Gasteiger partial charge on any atom is 0.328 e. The van der Waals surface area contributed by atoms with E-state index in [2.05, 4.69) is 22.6 Å². The molecule has 60 valence electrons. The van der Waals surface area contributed by atoms with Gasteiger partial charge in [0.25, 0.3) is 0 Å². The van der Waals surface area contributed by atoms with Gasteiger partial charge < -0.3 is 5.73 Å². The zero-order chi connectivity index (χ0) is 7.98. The van der Waals surface area contributed by atoms with Crippen LogP contribution in [0.15, 0.2) is 0 Å². The Labute approximate surface area is 74.0 Å². The molecule has 0 aromatic carbocycles. The third kappa shape index (κ3) is 4.80. The largest absolute Gasteiger partial charge is 0.350 e. The Bertz CT molecular complexity index is 109. The van der Waals surface area contributed by atoms with E-state index < -0.39 is 6.03 Å². The van der Waals surface area contributed by atoms with Gasteiger partial charge in [-0.25, -0.2) is 10.6 Å². The SMILES string of the molecule is NC(=O)N(N)CCCCI. The highest BCUT2D eigenvalue weighted by atomic mass is 127. The first-order valence-corrected chi connectivity index (χ1v) is 4.58. The molecule has 10 heavy (non-hydrogen) atoms. The first-order chi connectivity index (χ1) is 4.68. The molecule has 0 aliphatic rings. The number of rotatable bonds is 4. The van der Waals surface area contributed by atoms with Gasteiger partial charge in [0.1, 0.15) is 0 Å². The molecule has 0 aromatic heterocycles. The van der Waals surface area contributed by atoms with Crippen LogP contribution >= 0.6 is 22.6 Å². The molecule has 0 aliphatic heterocycles. The van der Waals surface area contributed by atoms with Crippen LogP contribution in [0.5, 0.6) is 0 Å². The Balaban J connectivity index is 3.21. The van der Waals surface area contributed by atoms with Crippen molar-refractivity contribution in [2.24, 2.45) is 11.6 Å². The van der Waals surface area contributed by atoms with Gasteiger partial charge in [-0.15, -0.1) is 0 Å². The summed E-state index contributed by atoms with van der Waals surface area (Å²) in [4.78, 5) is 10.3. The number of carbonyl (C=O) groups is 1. The van der Waals surface area contributed by atoms with Crippen LogP contribution in [-0.4, -0.2) is 22.0 Å². The fourth-order valence-electron chi connectivity index (χ4n) is 0.487. The third-order valence-corrected chi connectivity index (χ3v) is 1.83. The summed E-state index contributed by atoms with van der Waals surface area (Å²) in [5, 5.41) is 1.03. The standard InChI is InChI=1S/C5H12IN3O/c6-3-1-2-4-9(8)5(7)10/h1-4,8H2,(H2,7,10). The van der Waals surface area contributed by atoms with Gasteiger partial charge in [-0.2, -0.15) is 0 Å². The first kappa shape index (κ1) is 9.96. The van der Waals surface area contributed by atoms with Gasteiger partial charge >= 0.3 is 6.03 Å². The lowest BCUT2D eigenvalue weighted by Crippen LogP contribution is -2.41. The van der Waals surface area contributed by atoms with E-state index in [-0.39, 0.29) is 0 Å². The van der Waals surface area contributed by atoms with E-state index in [1.54, 1.807) is 0 Å². The van der Waals surface area contributed by atoms with Crippen molar-refractivity contribution >= 4 is 28.6 Å². The summed E-state index contributed by atoms with van der Waals surface area (Å²) in [5.74, 6) is 5.21. The predicted octanol–water partition coefficient (Wildman–Crippen LogP) is 0.456. The van der Waals surface area contributed by atoms with Gasteiger partial charge in [0.2, 0.25) is 0 Å². The summed E-state index contributed by atoms with van der Waals surface area (Å²) in [7, 11) is 0. The topological polar surface area (TPSA) is 72.4 Å². The number of nitrogens with zero attached hydrogens (tertiary/aromatic N) is 1. The molecule has 5 heteroatoms. The highest BCUT2D eigenvalue weighted by Crippen LogP contribution is 1.94. The van der Waals surface area contributed by atoms with Crippen molar-refractivity contribution in [3.05, 3.63) is 0 Å². The fraction of sp³-hybridized carbons (Fsp3) is 0.800. The molecule has 0 saturated carbocycles. The van der Waals surface area contributed by atoms with Crippen molar-refractivity contribution in [3.63, 3.8) is 0 Å². The number of hydrogen-bond acceptors (Lipinski definition) is 2. The van der Waals surface area contributed by atoms with Crippen LogP contribution in [0.1, 0.15) is 12.8 Å². The molecule has 0 unspecified atom stereocenters. The lowest BCUT2D eigenvalue weighted by molar-refractivity contribution is 0.208. The number of primary amides is 1. The molecule has 0 spiro atoms. The highest BCUT2D eigenvalue weighted by Gasteiger charge is 2.00. The van der Waals surface area contributed by atoms with E-state index in [9.17, 15) is 4.79 Å². The molecular weight excluding hydrogens is 245 g/mol. The summed E-state index contributed by atoms with van der Waals surface area (Å²) < 4.78 is 1.09. The molecule has 0 atom stereocenters. The molecule has 0 rings (SSSR count). The molecule has 0 bridgehead atoms. The maximum absolute atomic E-state index is 10.3. The van der Waals surface area contributed by atoms with Gasteiger partial charge in [-0.1, -0.05) is 22.6 Å². The van der Waals surface area contributed by atoms with Crippen LogP contribution in [-0.2, 0) is 0 Å². The molecular formula is C5H12IN3O. The Morgan fingerprint density at radius 3 is 2.50 bits per heavy atom. The summed E-state index contributed by atoms with van der Waals surface area (Å²) in [6.07, 6.45) is 1.99. The quantitative estimate of drug-likeness (QED) is 0.192. The molecule has 4 N–H and O–H groups in total. The lowest BCUT2D eigenvalue weighted by Gasteiger charge is -2.11. The zero-order valence-electron chi connectivity index (χ0n) is 5.72. The molecule has 0 heterocycles. The van der Waals surface area contributed by atoms with Crippen molar-refractivity contribution in [3.8, 4) is 0 Å². The number of amides is 2. The van der Waals surface area contributed by atoms with Crippen molar-refractivity contribution < 1.29 is 4.79 Å². The van der Waals surface area contributed by atoms with E-state index in [0.29, 0.717) is 6.54 Å². The lowest BCUT2D eigenvalue weighted by atomic mass is 10.3. The van der Waals surface area contributed by atoms with Crippen molar-refractivity contribution in [2.45, 2.75) is 12.8 Å². The predicted molar refractivity (Wildman–Crippen MR) is 48.6 cm³/mol. The van der Waals surface area contributed by atoms with Crippen LogP contribution in [0.4, 0.5) is 4.79 Å². The molecule has 2 amide bonds. The van der Waals surface area contributed by atoms with Gasteiger partial charge in [-0.05, 0) is 17.3 Å². The van der Waals surface area contributed by atoms with Crippen LogP contribution in [0.2, 0.25) is 0 Å². The average Bonchev–Trinajstić information content (AvgIpc) is 1.88. The summed E-state index contributed by atoms with van der Waals surface area (Å²) in [5.41, 5.74) is 4.88. The number of alkyl halides is 1. The second-order valence-electron chi connectivity index (χ2n) is 1.93. The Hall–Kier alpha value is -0.0400. The van der Waals surface area contributed by atoms with Gasteiger partial charge in [0.15, 0.2) is 0 Å². The molecule has 4 nitrogen and oxygen atoms in total. The normalized spacial score (nSPS) is 9.40. The van der Waals surface area contributed by atoms with Crippen LogP contribution in [0.3, 0.4) is 0 Å². The summed E-state index contributed by atoms with van der Waals surface area (Å²) in [6.45, 7) is 0.554. The summed E-state index contributed by atoms with van der Waals surface area (Å²) in [6, 6.07) is -0.562. The van der Waals surface area contributed by atoms with Crippen molar-refractivity contribution in [1.82, 2.24) is 5.01 Å². The Morgan fingerprint density at radius 1 is 1.50 bits per heavy atom. The van der Waals surface area contributed by atoms with Crippen LogP contribution in [0.25, 0.3) is 0 Å². The molecule has 0 fully saturated rings. The minimum absolute atomic E-state index is 0.554. The van der Waals surface area contributed by atoms with Crippen LogP contribution < -0.4 is 11.6 Å². The molecule has 0 aliphatic carbocycles. The minimum atomic E-state index is -0.562. The van der Waals surface area contributed by atoms with E-state index in [1.165, 1.54) is 0 Å². The highest BCUT2D eigenvalue weighted by molar-refractivity contribution is 14.1. The second-order valence-corrected chi connectivity index (χ2v) is 3.01. The van der Waals surface area contributed by atoms with E-state index >= 15 is 0 Å². The number of hydrazine groups is 1. The van der Waals surface area contributed by atoms with Crippen molar-refractivity contribution in [2.75, 3.05) is 11.0 Å². The average molecular weight is 257 g/mol. The Morgan fingerprint density at radius 2 is 2.10 bits per heavy atom. The molecule has 0 radical (unpaired) electrons. The minimum Gasteiger partial charge on any atom is -0.350 e. The number of nitrogens with two attached hydrogens (primary N) is 2. The number of urea groups is 1. The number of unbranched alkanes of at least 4 members (excludes halogenated alkanes) is 1. The number of hydrogen-bond donors (Lipinski definition) is 2. The maximum atomic E-state index is 10.3. The Kier molecular flexibility index (Phi) is 5.70. The second kappa shape index (κ2) is 5.72. The smallest absolute Gasteiger partial charge is 0.328 e. The van der Waals surface area contributed by atoms with Gasteiger partial charge in [0.05, 0.1) is 0 Å². The molecule has 0 saturated heterocycles. The van der Waals surface area contributed by atoms with Gasteiger partial charge in [-0.3, -0.25) is 5.01 Å². The van der Waals surface area contributed by atoms with E-state index in [1.807, 2.05) is 0 Å². The van der Waals surface area contributed by atoms with E-state index in [4.69, 9.17) is 11.6 Å². The van der Waals surface area contributed by atoms with Crippen LogP contribution in [0, 0.1) is 0 Å². The first-order valence-electron chi connectivity index (χ1n) is 3.06. The number of halogens is 1. The van der Waals surface area contributed by atoms with Gasteiger partial charge in [0, 0.05) is 6.54 Å². The molecule has 0 aromatic rings. The summed E-state index contributed by atoms with van der Waals surface area (Å²) >= 11 is 2.28. The van der Waals surface area contributed by atoms with Crippen molar-refractivity contribution in [1.29, 1.82) is 0 Å². The zero-order valence-corrected chi connectivity index (χ0v) is 7.87.